The molecule has 0 aliphatic carbocycles. The quantitative estimate of drug-likeness (QED) is 0.672. The van der Waals surface area contributed by atoms with Gasteiger partial charge in [-0.2, -0.15) is 13.9 Å². The van der Waals surface area contributed by atoms with E-state index in [0.29, 0.717) is 11.5 Å². The van der Waals surface area contributed by atoms with Crippen LogP contribution in [0.25, 0.3) is 0 Å². The molecule has 20 heavy (non-hydrogen) atoms. The Hall–Kier alpha value is -2.50. The maximum atomic E-state index is 12.0. The first-order valence-electron chi connectivity index (χ1n) is 5.92. The van der Waals surface area contributed by atoms with Crippen molar-refractivity contribution in [2.24, 2.45) is 5.10 Å². The summed E-state index contributed by atoms with van der Waals surface area (Å²) in [5.41, 5.74) is 4.32. The highest BCUT2D eigenvalue weighted by molar-refractivity contribution is 5.99. The number of pyridine rings is 1. The molecule has 0 radical (unpaired) electrons. The number of aromatic nitrogens is 1. The zero-order chi connectivity index (χ0) is 14.4. The summed E-state index contributed by atoms with van der Waals surface area (Å²) < 4.78 is 28.3. The smallest absolute Gasteiger partial charge is 0.387 e. The molecule has 2 rings (SSSR count). The second-order valence-corrected chi connectivity index (χ2v) is 3.93. The second kappa shape index (κ2) is 6.60. The van der Waals surface area contributed by atoms with E-state index >= 15 is 0 Å². The fourth-order valence-corrected chi connectivity index (χ4v) is 1.51. The van der Waals surface area contributed by atoms with Gasteiger partial charge < -0.3 is 4.74 Å². The Labute approximate surface area is 115 Å². The molecule has 4 nitrogen and oxygen atoms in total. The Morgan fingerprint density at radius 1 is 1.20 bits per heavy atom. The number of alkyl halides is 2. The number of nitrogens with one attached hydrogen (secondary N) is 1. The van der Waals surface area contributed by atoms with Crippen molar-refractivity contribution in [3.63, 3.8) is 0 Å². The largest absolute Gasteiger partial charge is 0.435 e. The number of ether oxygens (including phenoxy) is 1. The third-order valence-corrected chi connectivity index (χ3v) is 2.50. The molecule has 6 heteroatoms. The lowest BCUT2D eigenvalue weighted by Crippen LogP contribution is -2.03. The monoisotopic (exact) mass is 277 g/mol. The van der Waals surface area contributed by atoms with Gasteiger partial charge in [0.25, 0.3) is 0 Å². The van der Waals surface area contributed by atoms with Crippen LogP contribution in [0.1, 0.15) is 12.5 Å². The van der Waals surface area contributed by atoms with Gasteiger partial charge in [0, 0.05) is 6.20 Å². The summed E-state index contributed by atoms with van der Waals surface area (Å²) in [4.78, 5) is 4.07. The Bertz CT molecular complexity index is 571. The van der Waals surface area contributed by atoms with E-state index in [0.717, 1.165) is 5.56 Å². The van der Waals surface area contributed by atoms with Gasteiger partial charge in [0.2, 0.25) is 0 Å². The summed E-state index contributed by atoms with van der Waals surface area (Å²) >= 11 is 0. The lowest BCUT2D eigenvalue weighted by molar-refractivity contribution is -0.0498. The molecular weight excluding hydrogens is 264 g/mol. The predicted octanol–water partition coefficient (Wildman–Crippen LogP) is 3.52. The minimum absolute atomic E-state index is 0.120. The number of halogens is 2. The van der Waals surface area contributed by atoms with Crippen LogP contribution in [0.15, 0.2) is 53.8 Å². The van der Waals surface area contributed by atoms with Gasteiger partial charge >= 0.3 is 6.61 Å². The molecule has 0 spiro atoms. The summed E-state index contributed by atoms with van der Waals surface area (Å²) in [5, 5.41) is 4.17. The number of rotatable bonds is 5. The van der Waals surface area contributed by atoms with Crippen LogP contribution < -0.4 is 10.2 Å². The molecule has 0 aliphatic rings. The molecule has 104 valence electrons. The predicted molar refractivity (Wildman–Crippen MR) is 73.1 cm³/mol. The Morgan fingerprint density at radius 2 is 1.95 bits per heavy atom. The highest BCUT2D eigenvalue weighted by atomic mass is 19.3. The van der Waals surface area contributed by atoms with Crippen LogP contribution in [0.2, 0.25) is 0 Å². The fourth-order valence-electron chi connectivity index (χ4n) is 1.51. The molecule has 1 aromatic heterocycles. The second-order valence-electron chi connectivity index (χ2n) is 3.93. The van der Waals surface area contributed by atoms with Gasteiger partial charge in [-0.3, -0.25) is 5.43 Å². The molecule has 0 unspecified atom stereocenters. The topological polar surface area (TPSA) is 46.5 Å². The SMILES string of the molecule is C/C(=N\Nc1ccccn1)c1ccc(OC(F)F)cc1. The first-order valence-corrected chi connectivity index (χ1v) is 5.92. The maximum Gasteiger partial charge on any atom is 0.387 e. The molecule has 0 atom stereocenters. The van der Waals surface area contributed by atoms with Crippen molar-refractivity contribution in [3.8, 4) is 5.75 Å². The van der Waals surface area contributed by atoms with Gasteiger partial charge in [0.05, 0.1) is 5.71 Å². The summed E-state index contributed by atoms with van der Waals surface area (Å²) in [6.07, 6.45) is 1.66. The standard InChI is InChI=1S/C14H13F2N3O/c1-10(18-19-13-4-2-3-9-17-13)11-5-7-12(8-6-11)20-14(15)16/h2-9,14H,1H3,(H,17,19)/b18-10+. The van der Waals surface area contributed by atoms with E-state index < -0.39 is 6.61 Å². The van der Waals surface area contributed by atoms with Crippen LogP contribution in [-0.4, -0.2) is 17.3 Å². The molecule has 1 heterocycles. The average molecular weight is 277 g/mol. The van der Waals surface area contributed by atoms with Crippen LogP contribution >= 0.6 is 0 Å². The van der Waals surface area contributed by atoms with Crippen molar-refractivity contribution in [2.45, 2.75) is 13.5 Å². The lowest BCUT2D eigenvalue weighted by atomic mass is 10.1. The van der Waals surface area contributed by atoms with E-state index in [1.807, 2.05) is 12.1 Å². The molecule has 0 aliphatic heterocycles. The van der Waals surface area contributed by atoms with Gasteiger partial charge in [-0.1, -0.05) is 6.07 Å². The minimum atomic E-state index is -2.82. The third-order valence-electron chi connectivity index (χ3n) is 2.50. The van der Waals surface area contributed by atoms with Crippen LogP contribution in [0.4, 0.5) is 14.6 Å². The van der Waals surface area contributed by atoms with Crippen molar-refractivity contribution in [1.82, 2.24) is 4.98 Å². The van der Waals surface area contributed by atoms with Gasteiger partial charge in [-0.05, 0) is 48.9 Å². The lowest BCUT2D eigenvalue weighted by Gasteiger charge is -2.06. The van der Waals surface area contributed by atoms with E-state index in [-0.39, 0.29) is 5.75 Å². The molecular formula is C14H13F2N3O. The Balaban J connectivity index is 2.03. The van der Waals surface area contributed by atoms with E-state index in [2.05, 4.69) is 20.2 Å². The number of anilines is 1. The number of benzene rings is 1. The van der Waals surface area contributed by atoms with E-state index in [4.69, 9.17) is 0 Å². The molecule has 0 bridgehead atoms. The number of hydrogen-bond donors (Lipinski definition) is 1. The zero-order valence-corrected chi connectivity index (χ0v) is 10.8. The van der Waals surface area contributed by atoms with Crippen LogP contribution in [0.5, 0.6) is 5.75 Å². The van der Waals surface area contributed by atoms with Crippen molar-refractivity contribution in [2.75, 3.05) is 5.43 Å². The molecule has 0 saturated carbocycles. The molecule has 1 N–H and O–H groups in total. The first-order chi connectivity index (χ1) is 9.65. The van der Waals surface area contributed by atoms with Crippen LogP contribution in [0, 0.1) is 0 Å². The van der Waals surface area contributed by atoms with Crippen molar-refractivity contribution < 1.29 is 13.5 Å². The summed E-state index contributed by atoms with van der Waals surface area (Å²) in [6.45, 7) is -1.01. The maximum absolute atomic E-state index is 12.0. The summed E-state index contributed by atoms with van der Waals surface area (Å²) in [7, 11) is 0. The molecule has 1 aromatic carbocycles. The fraction of sp³-hybridized carbons (Fsp3) is 0.143. The normalized spacial score (nSPS) is 11.5. The van der Waals surface area contributed by atoms with E-state index in [1.54, 1.807) is 31.3 Å². The highest BCUT2D eigenvalue weighted by Crippen LogP contribution is 2.15. The molecule has 0 saturated heterocycles. The van der Waals surface area contributed by atoms with E-state index in [9.17, 15) is 8.78 Å². The average Bonchev–Trinajstić information content (AvgIpc) is 2.46. The van der Waals surface area contributed by atoms with Gasteiger partial charge in [0.15, 0.2) is 0 Å². The van der Waals surface area contributed by atoms with Gasteiger partial charge in [-0.15, -0.1) is 0 Å². The third kappa shape index (κ3) is 4.01. The van der Waals surface area contributed by atoms with Crippen molar-refractivity contribution in [3.05, 3.63) is 54.2 Å². The summed E-state index contributed by atoms with van der Waals surface area (Å²) in [5.74, 6) is 0.749. The van der Waals surface area contributed by atoms with Gasteiger partial charge in [0.1, 0.15) is 11.6 Å². The highest BCUT2D eigenvalue weighted by Gasteiger charge is 2.04. The number of hydrogen-bond acceptors (Lipinski definition) is 4. The zero-order valence-electron chi connectivity index (χ0n) is 10.8. The number of hydrazone groups is 1. The van der Waals surface area contributed by atoms with Crippen LogP contribution in [-0.2, 0) is 0 Å². The Morgan fingerprint density at radius 3 is 2.55 bits per heavy atom. The first kappa shape index (κ1) is 13.9. The van der Waals surface area contributed by atoms with Crippen molar-refractivity contribution >= 4 is 11.5 Å². The minimum Gasteiger partial charge on any atom is -0.435 e. The summed E-state index contributed by atoms with van der Waals surface area (Å²) in [6, 6.07) is 11.7. The number of nitrogens with zero attached hydrogens (tertiary/aromatic N) is 2. The molecule has 0 amide bonds. The van der Waals surface area contributed by atoms with Crippen molar-refractivity contribution in [1.29, 1.82) is 0 Å². The van der Waals surface area contributed by atoms with Gasteiger partial charge in [-0.25, -0.2) is 4.98 Å². The van der Waals surface area contributed by atoms with Crippen LogP contribution in [0.3, 0.4) is 0 Å². The Kier molecular flexibility index (Phi) is 4.60. The van der Waals surface area contributed by atoms with E-state index in [1.165, 1.54) is 12.1 Å². The molecule has 2 aromatic rings. The molecule has 0 fully saturated rings.